The van der Waals surface area contributed by atoms with Gasteiger partial charge in [0, 0.05) is 29.0 Å². The summed E-state index contributed by atoms with van der Waals surface area (Å²) in [4.78, 5) is 6.71. The highest BCUT2D eigenvalue weighted by Gasteiger charge is 2.42. The summed E-state index contributed by atoms with van der Waals surface area (Å²) in [6.07, 6.45) is 1.79. The minimum Gasteiger partial charge on any atom is -0.508 e. The van der Waals surface area contributed by atoms with E-state index in [2.05, 4.69) is 39.7 Å². The summed E-state index contributed by atoms with van der Waals surface area (Å²) in [5, 5.41) is 23.6. The van der Waals surface area contributed by atoms with E-state index in [0.717, 1.165) is 34.0 Å². The summed E-state index contributed by atoms with van der Waals surface area (Å²) in [6, 6.07) is 22.1. The molecule has 1 saturated heterocycles. The molecule has 3 N–H and O–H groups in total. The van der Waals surface area contributed by atoms with Crippen LogP contribution < -0.4 is 10.2 Å². The number of benzene rings is 2. The lowest BCUT2D eigenvalue weighted by atomic mass is 9.96. The van der Waals surface area contributed by atoms with Crippen LogP contribution in [0.2, 0.25) is 0 Å². The van der Waals surface area contributed by atoms with Gasteiger partial charge in [-0.3, -0.25) is 4.98 Å². The van der Waals surface area contributed by atoms with E-state index < -0.39 is 0 Å². The monoisotopic (exact) mass is 456 g/mol. The van der Waals surface area contributed by atoms with Crippen molar-refractivity contribution in [2.45, 2.75) is 25.9 Å². The van der Waals surface area contributed by atoms with Crippen LogP contribution in [0, 0.1) is 13.8 Å². The van der Waals surface area contributed by atoms with E-state index in [-0.39, 0.29) is 23.6 Å². The Morgan fingerprint density at radius 2 is 1.52 bits per heavy atom. The van der Waals surface area contributed by atoms with E-state index in [9.17, 15) is 10.2 Å². The second-order valence-corrected chi connectivity index (χ2v) is 8.58. The second-order valence-electron chi connectivity index (χ2n) is 8.19. The van der Waals surface area contributed by atoms with Gasteiger partial charge in [-0.05, 0) is 98.4 Å². The standard InChI is InChI=1S/C26H24N4O2S/c1-16-15-22(17(2)29(16)18-6-10-20(31)11-7-18)25-24(23-5-3-4-14-27-23)28-26(33)30(25)19-8-12-21(32)13-9-19/h3-15,24-25,31-32H,1-2H3,(H,28,33)/t24-,25-/m1/s1. The molecular formula is C26H24N4O2S. The van der Waals surface area contributed by atoms with Gasteiger partial charge in [-0.2, -0.15) is 0 Å². The number of aromatic hydroxyl groups is 2. The Bertz CT molecular complexity index is 1300. The number of rotatable bonds is 4. The Hall–Kier alpha value is -3.84. The number of pyridine rings is 1. The van der Waals surface area contributed by atoms with Crippen LogP contribution in [0.15, 0.2) is 79.0 Å². The summed E-state index contributed by atoms with van der Waals surface area (Å²) >= 11 is 5.79. The van der Waals surface area contributed by atoms with Crippen molar-refractivity contribution in [1.29, 1.82) is 0 Å². The van der Waals surface area contributed by atoms with Crippen molar-refractivity contribution in [1.82, 2.24) is 14.9 Å². The number of nitrogens with zero attached hydrogens (tertiary/aromatic N) is 3. The second kappa shape index (κ2) is 8.26. The summed E-state index contributed by atoms with van der Waals surface area (Å²) in [6.45, 7) is 4.17. The third-order valence-corrected chi connectivity index (χ3v) is 6.44. The molecule has 1 fully saturated rings. The number of aromatic nitrogens is 2. The van der Waals surface area contributed by atoms with E-state index in [4.69, 9.17) is 12.2 Å². The number of nitrogens with one attached hydrogen (secondary N) is 1. The first kappa shape index (κ1) is 21.0. The molecule has 2 atom stereocenters. The minimum absolute atomic E-state index is 0.144. The molecule has 0 saturated carbocycles. The average molecular weight is 457 g/mol. The highest BCUT2D eigenvalue weighted by Crippen LogP contribution is 2.44. The van der Waals surface area contributed by atoms with Gasteiger partial charge < -0.3 is 25.0 Å². The van der Waals surface area contributed by atoms with Crippen molar-refractivity contribution in [3.8, 4) is 17.2 Å². The predicted molar refractivity (Wildman–Crippen MR) is 133 cm³/mol. The number of aryl methyl sites for hydroxylation is 1. The van der Waals surface area contributed by atoms with E-state index in [1.807, 2.05) is 42.5 Å². The first-order valence-electron chi connectivity index (χ1n) is 10.7. The molecule has 6 nitrogen and oxygen atoms in total. The largest absolute Gasteiger partial charge is 0.508 e. The molecule has 0 unspecified atom stereocenters. The first-order valence-corrected chi connectivity index (χ1v) is 11.1. The van der Waals surface area contributed by atoms with Crippen molar-refractivity contribution in [3.63, 3.8) is 0 Å². The Kier molecular flexibility index (Phi) is 5.26. The smallest absolute Gasteiger partial charge is 0.174 e. The van der Waals surface area contributed by atoms with Crippen LogP contribution in [-0.2, 0) is 0 Å². The fourth-order valence-electron chi connectivity index (χ4n) is 4.65. The first-order chi connectivity index (χ1) is 15.9. The molecule has 0 bridgehead atoms. The third-order valence-electron chi connectivity index (χ3n) is 6.12. The molecule has 5 rings (SSSR count). The molecule has 1 aliphatic rings. The van der Waals surface area contributed by atoms with Crippen LogP contribution in [-0.4, -0.2) is 24.9 Å². The summed E-state index contributed by atoms with van der Waals surface area (Å²) in [5.74, 6) is 0.445. The molecule has 166 valence electrons. The van der Waals surface area contributed by atoms with E-state index in [0.29, 0.717) is 5.11 Å². The Labute approximate surface area is 197 Å². The molecule has 0 radical (unpaired) electrons. The topological polar surface area (TPSA) is 73.5 Å². The van der Waals surface area contributed by atoms with Crippen LogP contribution in [0.1, 0.15) is 34.7 Å². The van der Waals surface area contributed by atoms with E-state index in [1.165, 1.54) is 0 Å². The number of anilines is 1. The van der Waals surface area contributed by atoms with Gasteiger partial charge in [-0.15, -0.1) is 0 Å². The van der Waals surface area contributed by atoms with Crippen LogP contribution >= 0.6 is 12.2 Å². The van der Waals surface area contributed by atoms with Crippen molar-refractivity contribution >= 4 is 23.0 Å². The van der Waals surface area contributed by atoms with Gasteiger partial charge >= 0.3 is 0 Å². The zero-order valence-corrected chi connectivity index (χ0v) is 19.1. The molecule has 2 aromatic heterocycles. The third kappa shape index (κ3) is 3.70. The molecule has 2 aromatic carbocycles. The van der Waals surface area contributed by atoms with Gasteiger partial charge in [-0.1, -0.05) is 6.07 Å². The molecule has 0 aliphatic carbocycles. The maximum atomic E-state index is 9.81. The van der Waals surface area contributed by atoms with E-state index >= 15 is 0 Å². The quantitative estimate of drug-likeness (QED) is 0.372. The zero-order chi connectivity index (χ0) is 23.1. The Balaban J connectivity index is 1.67. The predicted octanol–water partition coefficient (Wildman–Crippen LogP) is 5.08. The molecule has 33 heavy (non-hydrogen) atoms. The van der Waals surface area contributed by atoms with Crippen molar-refractivity contribution in [2.75, 3.05) is 4.90 Å². The summed E-state index contributed by atoms with van der Waals surface area (Å²) in [7, 11) is 0. The molecule has 7 heteroatoms. The van der Waals surface area contributed by atoms with Gasteiger partial charge in [-0.25, -0.2) is 0 Å². The van der Waals surface area contributed by atoms with Gasteiger partial charge in [0.25, 0.3) is 0 Å². The number of hydrogen-bond acceptors (Lipinski definition) is 4. The van der Waals surface area contributed by atoms with Crippen LogP contribution in [0.4, 0.5) is 5.69 Å². The molecule has 1 aliphatic heterocycles. The highest BCUT2D eigenvalue weighted by atomic mass is 32.1. The molecule has 3 heterocycles. The van der Waals surface area contributed by atoms with Crippen molar-refractivity contribution in [3.05, 3.63) is 102 Å². The van der Waals surface area contributed by atoms with Crippen molar-refractivity contribution < 1.29 is 10.2 Å². The minimum atomic E-state index is -0.152. The van der Waals surface area contributed by atoms with E-state index in [1.54, 1.807) is 30.5 Å². The van der Waals surface area contributed by atoms with Crippen LogP contribution in [0.3, 0.4) is 0 Å². The Morgan fingerprint density at radius 1 is 0.879 bits per heavy atom. The lowest BCUT2D eigenvalue weighted by Crippen LogP contribution is -2.29. The number of thiocarbonyl (C=S) groups is 1. The maximum absolute atomic E-state index is 9.81. The fourth-order valence-corrected chi connectivity index (χ4v) is 4.99. The molecule has 0 amide bonds. The van der Waals surface area contributed by atoms with Gasteiger partial charge in [0.1, 0.15) is 11.5 Å². The summed E-state index contributed by atoms with van der Waals surface area (Å²) < 4.78 is 2.18. The van der Waals surface area contributed by atoms with Gasteiger partial charge in [0.15, 0.2) is 5.11 Å². The average Bonchev–Trinajstić information content (AvgIpc) is 3.31. The summed E-state index contributed by atoms with van der Waals surface area (Å²) in [5.41, 5.74) is 6.06. The van der Waals surface area contributed by atoms with Gasteiger partial charge in [0.2, 0.25) is 0 Å². The van der Waals surface area contributed by atoms with Crippen molar-refractivity contribution in [2.24, 2.45) is 0 Å². The molecule has 4 aromatic rings. The SMILES string of the molecule is Cc1cc([C@@H]2[C@@H](c3ccccn3)NC(=S)N2c2ccc(O)cc2)c(C)n1-c1ccc(O)cc1. The number of phenols is 2. The van der Waals surface area contributed by atoms with Crippen LogP contribution in [0.25, 0.3) is 5.69 Å². The fraction of sp³-hybridized carbons (Fsp3) is 0.154. The number of phenolic OH excluding ortho intramolecular Hbond substituents is 2. The Morgan fingerprint density at radius 3 is 2.12 bits per heavy atom. The van der Waals surface area contributed by atoms with Crippen LogP contribution in [0.5, 0.6) is 11.5 Å². The lowest BCUT2D eigenvalue weighted by Gasteiger charge is -2.28. The zero-order valence-electron chi connectivity index (χ0n) is 18.3. The molecular weight excluding hydrogens is 432 g/mol. The number of hydrogen-bond donors (Lipinski definition) is 3. The normalized spacial score (nSPS) is 17.9. The highest BCUT2D eigenvalue weighted by molar-refractivity contribution is 7.80. The molecule has 0 spiro atoms. The maximum Gasteiger partial charge on any atom is 0.174 e. The van der Waals surface area contributed by atoms with Gasteiger partial charge in [0.05, 0.1) is 17.8 Å². The lowest BCUT2D eigenvalue weighted by molar-refractivity contribution is 0.474.